The third kappa shape index (κ3) is 6.02. The van der Waals surface area contributed by atoms with Crippen LogP contribution in [0, 0.1) is 40.4 Å². The molecule has 0 amide bonds. The van der Waals surface area contributed by atoms with Gasteiger partial charge in [0.15, 0.2) is 16.6 Å². The maximum Gasteiger partial charge on any atom is 0.305 e. The molecule has 0 radical (unpaired) electrons. The quantitative estimate of drug-likeness (QED) is 0.174. The van der Waals surface area contributed by atoms with Crippen LogP contribution < -0.4 is 0 Å². The average molecular weight is 549 g/mol. The number of hydrogen-bond acceptors (Lipinski definition) is 4. The van der Waals surface area contributed by atoms with E-state index in [1.165, 1.54) is 45.6 Å². The SMILES string of the molecule is COC(=O)CC[C@@H](C)[C@H]1CCC2C3C(CC[C@@]21C)[C@@]1(C)CC[C@H](O[Si](C)(C)C)CC1=C[C@H]3O[Si](C)(C)C. The molecule has 0 bridgehead atoms. The maximum atomic E-state index is 11.9. The first-order valence-corrected chi connectivity index (χ1v) is 22.0. The van der Waals surface area contributed by atoms with Crippen molar-refractivity contribution in [1.29, 1.82) is 0 Å². The van der Waals surface area contributed by atoms with E-state index in [-0.39, 0.29) is 12.1 Å². The molecule has 4 aliphatic rings. The molecule has 0 spiro atoms. The van der Waals surface area contributed by atoms with E-state index >= 15 is 0 Å². The summed E-state index contributed by atoms with van der Waals surface area (Å²) in [7, 11) is -1.76. The zero-order valence-corrected chi connectivity index (χ0v) is 27.6. The van der Waals surface area contributed by atoms with Crippen molar-refractivity contribution in [3.63, 3.8) is 0 Å². The molecule has 4 nitrogen and oxygen atoms in total. The summed E-state index contributed by atoms with van der Waals surface area (Å²) in [6, 6.07) is 0. The third-order valence-corrected chi connectivity index (χ3v) is 12.9. The van der Waals surface area contributed by atoms with Crippen LogP contribution in [0.1, 0.15) is 78.6 Å². The molecule has 0 aromatic rings. The summed E-state index contributed by atoms with van der Waals surface area (Å²) in [6.07, 6.45) is 13.6. The van der Waals surface area contributed by atoms with Gasteiger partial charge >= 0.3 is 5.97 Å². The molecular weight excluding hydrogens is 493 g/mol. The second-order valence-corrected chi connectivity index (χ2v) is 24.4. The number of esters is 1. The summed E-state index contributed by atoms with van der Waals surface area (Å²) in [6.45, 7) is 21.7. The van der Waals surface area contributed by atoms with Crippen molar-refractivity contribution in [3.8, 4) is 0 Å². The second-order valence-electron chi connectivity index (χ2n) is 15.5. The first kappa shape index (κ1) is 29.5. The van der Waals surface area contributed by atoms with Gasteiger partial charge in [-0.3, -0.25) is 4.79 Å². The van der Waals surface area contributed by atoms with Crippen molar-refractivity contribution in [3.05, 3.63) is 11.6 Å². The van der Waals surface area contributed by atoms with Crippen molar-refractivity contribution in [2.75, 3.05) is 7.11 Å². The van der Waals surface area contributed by atoms with Crippen molar-refractivity contribution in [2.24, 2.45) is 40.4 Å². The molecule has 4 aliphatic carbocycles. The monoisotopic (exact) mass is 548 g/mol. The highest BCUT2D eigenvalue weighted by Gasteiger charge is 2.61. The Bertz CT molecular complexity index is 873. The highest BCUT2D eigenvalue weighted by Crippen LogP contribution is 2.68. The van der Waals surface area contributed by atoms with E-state index in [0.29, 0.717) is 52.9 Å². The lowest BCUT2D eigenvalue weighted by atomic mass is 9.46. The molecule has 3 unspecified atom stereocenters. The van der Waals surface area contributed by atoms with Gasteiger partial charge in [-0.25, -0.2) is 0 Å². The van der Waals surface area contributed by atoms with E-state index in [0.717, 1.165) is 12.8 Å². The minimum absolute atomic E-state index is 0.0644. The zero-order chi connectivity index (χ0) is 27.4. The fourth-order valence-corrected chi connectivity index (χ4v) is 11.6. The zero-order valence-electron chi connectivity index (χ0n) is 25.6. The van der Waals surface area contributed by atoms with Crippen LogP contribution in [-0.2, 0) is 18.4 Å². The average Bonchev–Trinajstić information content (AvgIpc) is 3.13. The summed E-state index contributed by atoms with van der Waals surface area (Å²) >= 11 is 0. The van der Waals surface area contributed by atoms with Gasteiger partial charge in [-0.05, 0) is 131 Å². The molecule has 9 atom stereocenters. The molecule has 0 N–H and O–H groups in total. The Kier molecular flexibility index (Phi) is 8.40. The Hall–Kier alpha value is -0.436. The maximum absolute atomic E-state index is 11.9. The molecule has 0 saturated heterocycles. The number of methoxy groups -OCH3 is 1. The van der Waals surface area contributed by atoms with Gasteiger partial charge in [0.05, 0.1) is 13.2 Å². The number of ether oxygens (including phenoxy) is 1. The molecule has 3 fully saturated rings. The van der Waals surface area contributed by atoms with Gasteiger partial charge in [0.1, 0.15) is 0 Å². The third-order valence-electron chi connectivity index (χ3n) is 10.9. The summed E-state index contributed by atoms with van der Waals surface area (Å²) < 4.78 is 18.7. The van der Waals surface area contributed by atoms with Crippen LogP contribution in [0.15, 0.2) is 11.6 Å². The van der Waals surface area contributed by atoms with Crippen molar-refractivity contribution in [1.82, 2.24) is 0 Å². The van der Waals surface area contributed by atoms with Crippen LogP contribution in [0.4, 0.5) is 0 Å². The predicted octanol–water partition coefficient (Wildman–Crippen LogP) is 8.20. The van der Waals surface area contributed by atoms with Gasteiger partial charge in [-0.2, -0.15) is 0 Å². The summed E-state index contributed by atoms with van der Waals surface area (Å²) in [4.78, 5) is 11.9. The fraction of sp³-hybridized carbons (Fsp3) is 0.903. The van der Waals surface area contributed by atoms with Crippen LogP contribution in [0.5, 0.6) is 0 Å². The molecule has 0 heterocycles. The van der Waals surface area contributed by atoms with Gasteiger partial charge in [0.25, 0.3) is 0 Å². The Morgan fingerprint density at radius 1 is 0.973 bits per heavy atom. The minimum atomic E-state index is -1.71. The smallest absolute Gasteiger partial charge is 0.305 e. The topological polar surface area (TPSA) is 44.8 Å². The lowest BCUT2D eigenvalue weighted by Gasteiger charge is -2.61. The Morgan fingerprint density at radius 2 is 1.65 bits per heavy atom. The molecule has 6 heteroatoms. The first-order chi connectivity index (χ1) is 17.1. The van der Waals surface area contributed by atoms with E-state index in [1.54, 1.807) is 5.57 Å². The molecule has 0 aromatic heterocycles. The standard InChI is InChI=1S/C31H56O4Si2/c1-21(11-14-28(32)33-4)24-12-13-25-29-26(16-18-31(24,25)3)30(2)17-15-23(34-36(5,6)7)19-22(30)20-27(29)35-37(8,9)10/h20-21,23-27,29H,11-19H2,1-10H3/t21-,23+,24-,25?,26?,27-,29?,30+,31-/m1/s1. The van der Waals surface area contributed by atoms with E-state index in [4.69, 9.17) is 13.6 Å². The summed E-state index contributed by atoms with van der Waals surface area (Å²) in [5, 5.41) is 0. The molecular formula is C31H56O4Si2. The number of hydrogen-bond donors (Lipinski definition) is 0. The molecule has 0 aromatic carbocycles. The van der Waals surface area contributed by atoms with E-state index in [9.17, 15) is 4.79 Å². The number of carbonyl (C=O) groups excluding carboxylic acids is 1. The number of carbonyl (C=O) groups is 1. The largest absolute Gasteiger partial charge is 0.469 e. The Balaban J connectivity index is 1.63. The number of fused-ring (bicyclic) bond motifs is 5. The van der Waals surface area contributed by atoms with E-state index < -0.39 is 16.6 Å². The van der Waals surface area contributed by atoms with E-state index in [2.05, 4.69) is 66.1 Å². The molecule has 37 heavy (non-hydrogen) atoms. The molecule has 212 valence electrons. The van der Waals surface area contributed by atoms with Crippen LogP contribution >= 0.6 is 0 Å². The van der Waals surface area contributed by atoms with Crippen LogP contribution in [0.25, 0.3) is 0 Å². The van der Waals surface area contributed by atoms with Crippen molar-refractivity contribution >= 4 is 22.6 Å². The highest BCUT2D eigenvalue weighted by atomic mass is 28.4. The lowest BCUT2D eigenvalue weighted by Crippen LogP contribution is -2.57. The van der Waals surface area contributed by atoms with Gasteiger partial charge in [-0.1, -0.05) is 32.4 Å². The van der Waals surface area contributed by atoms with Crippen LogP contribution in [0.3, 0.4) is 0 Å². The van der Waals surface area contributed by atoms with Crippen LogP contribution in [0.2, 0.25) is 39.3 Å². The fourth-order valence-electron chi connectivity index (χ4n) is 9.33. The Morgan fingerprint density at radius 3 is 2.27 bits per heavy atom. The van der Waals surface area contributed by atoms with E-state index in [1.807, 2.05) is 0 Å². The van der Waals surface area contributed by atoms with Gasteiger partial charge in [0.2, 0.25) is 0 Å². The summed E-state index contributed by atoms with van der Waals surface area (Å²) in [5.41, 5.74) is 2.28. The van der Waals surface area contributed by atoms with Gasteiger partial charge in [-0.15, -0.1) is 0 Å². The second kappa shape index (κ2) is 10.5. The Labute approximate surface area is 229 Å². The predicted molar refractivity (Wildman–Crippen MR) is 157 cm³/mol. The lowest BCUT2D eigenvalue weighted by molar-refractivity contribution is -0.141. The van der Waals surface area contributed by atoms with Crippen LogP contribution in [-0.4, -0.2) is 41.9 Å². The van der Waals surface area contributed by atoms with Gasteiger partial charge in [0, 0.05) is 12.5 Å². The number of rotatable bonds is 8. The van der Waals surface area contributed by atoms with Crippen molar-refractivity contribution < 1.29 is 18.4 Å². The normalized spacial score (nSPS) is 40.8. The summed E-state index contributed by atoms with van der Waals surface area (Å²) in [5.74, 6) is 3.22. The molecule has 4 rings (SSSR count). The van der Waals surface area contributed by atoms with Gasteiger partial charge < -0.3 is 13.6 Å². The molecule has 0 aliphatic heterocycles. The molecule has 3 saturated carbocycles. The van der Waals surface area contributed by atoms with Crippen molar-refractivity contribution in [2.45, 2.75) is 130 Å². The first-order valence-electron chi connectivity index (χ1n) is 15.2. The highest BCUT2D eigenvalue weighted by molar-refractivity contribution is 6.70. The minimum Gasteiger partial charge on any atom is -0.469 e.